The van der Waals surface area contributed by atoms with Crippen molar-refractivity contribution in [1.82, 2.24) is 9.12 Å². The van der Waals surface area contributed by atoms with E-state index in [9.17, 15) is 18.5 Å². The fourth-order valence-electron chi connectivity index (χ4n) is 2.63. The van der Waals surface area contributed by atoms with Gasteiger partial charge >= 0.3 is 5.97 Å². The summed E-state index contributed by atoms with van der Waals surface area (Å²) in [6, 6.07) is 13.3. The van der Waals surface area contributed by atoms with Crippen LogP contribution in [0.3, 0.4) is 0 Å². The molecule has 9 heteroatoms. The number of rotatable bonds is 7. The average Bonchev–Trinajstić information content (AvgIpc) is 3.04. The summed E-state index contributed by atoms with van der Waals surface area (Å²) in [5.74, 6) is -0.571. The highest BCUT2D eigenvalue weighted by Crippen LogP contribution is 2.19. The molecule has 0 saturated heterocycles. The van der Waals surface area contributed by atoms with Crippen molar-refractivity contribution in [3.05, 3.63) is 71.0 Å². The van der Waals surface area contributed by atoms with Gasteiger partial charge in [0.25, 0.3) is 0 Å². The number of carbonyl (C=O) groups is 1. The Morgan fingerprint density at radius 3 is 2.68 bits per heavy atom. The van der Waals surface area contributed by atoms with E-state index in [-0.39, 0.29) is 24.5 Å². The van der Waals surface area contributed by atoms with E-state index in [1.165, 1.54) is 24.3 Å². The third-order valence-corrected chi connectivity index (χ3v) is 5.74. The molecule has 2 heterocycles. The number of hydrogen-bond donors (Lipinski definition) is 1. The second-order valence-corrected chi connectivity index (χ2v) is 8.10. The summed E-state index contributed by atoms with van der Waals surface area (Å²) in [6.45, 7) is -0.167. The number of esters is 1. The van der Waals surface area contributed by atoms with Gasteiger partial charge in [-0.05, 0) is 36.4 Å². The molecule has 3 rings (SSSR count). The maximum Gasteiger partial charge on any atom is 0.307 e. The normalized spacial score (nSPS) is 11.3. The maximum absolute atomic E-state index is 12.1. The van der Waals surface area contributed by atoms with Crippen LogP contribution in [0.2, 0.25) is 5.02 Å². The number of ether oxygens (including phenoxy) is 1. The molecule has 1 N–H and O–H groups in total. The number of nitrogens with one attached hydrogen (secondary N) is 1. The predicted molar refractivity (Wildman–Crippen MR) is 103 cm³/mol. The van der Waals surface area contributed by atoms with Gasteiger partial charge in [-0.2, -0.15) is 5.26 Å². The van der Waals surface area contributed by atoms with Gasteiger partial charge in [-0.15, -0.1) is 0 Å². The molecule has 0 bridgehead atoms. The van der Waals surface area contributed by atoms with E-state index in [1.54, 1.807) is 22.9 Å². The molecule has 0 amide bonds. The van der Waals surface area contributed by atoms with Crippen LogP contribution in [0.5, 0.6) is 0 Å². The summed E-state index contributed by atoms with van der Waals surface area (Å²) in [7, 11) is -3.73. The second-order valence-electron chi connectivity index (χ2n) is 5.90. The largest absolute Gasteiger partial charge is 0.461 e. The van der Waals surface area contributed by atoms with Gasteiger partial charge in [0, 0.05) is 29.5 Å². The monoisotopic (exact) mass is 417 g/mol. The number of aromatic nitrogens is 1. The van der Waals surface area contributed by atoms with Crippen molar-refractivity contribution >= 4 is 33.1 Å². The lowest BCUT2D eigenvalue weighted by molar-refractivity contribution is -0.144. The Morgan fingerprint density at radius 1 is 1.21 bits per heavy atom. The van der Waals surface area contributed by atoms with Gasteiger partial charge in [0.1, 0.15) is 12.7 Å². The molecule has 0 radical (unpaired) electrons. The summed E-state index contributed by atoms with van der Waals surface area (Å²) in [5.41, 5.74) is 1.76. The zero-order valence-electron chi connectivity index (χ0n) is 14.6. The summed E-state index contributed by atoms with van der Waals surface area (Å²) in [6.07, 6.45) is 3.39. The Bertz CT molecular complexity index is 1150. The molecule has 0 aliphatic rings. The van der Waals surface area contributed by atoms with Crippen LogP contribution in [0.4, 0.5) is 0 Å². The summed E-state index contributed by atoms with van der Waals surface area (Å²) in [5, 5.41) is 9.77. The van der Waals surface area contributed by atoms with E-state index in [1.807, 2.05) is 12.1 Å². The van der Waals surface area contributed by atoms with Crippen molar-refractivity contribution in [1.29, 1.82) is 5.26 Å². The van der Waals surface area contributed by atoms with Crippen LogP contribution < -0.4 is 4.72 Å². The Labute approximate surface area is 167 Å². The Balaban J connectivity index is 1.54. The number of nitrogens with zero attached hydrogens (tertiary/aromatic N) is 2. The molecule has 28 heavy (non-hydrogen) atoms. The zero-order chi connectivity index (χ0) is 20.1. The molecule has 0 spiro atoms. The first-order chi connectivity index (χ1) is 13.4. The topological polar surface area (TPSA) is 101 Å². The summed E-state index contributed by atoms with van der Waals surface area (Å²) in [4.78, 5) is 12.0. The van der Waals surface area contributed by atoms with Crippen molar-refractivity contribution in [3.8, 4) is 6.07 Å². The number of pyridine rings is 1. The smallest absolute Gasteiger partial charge is 0.307 e. The summed E-state index contributed by atoms with van der Waals surface area (Å²) < 4.78 is 33.6. The van der Waals surface area contributed by atoms with E-state index in [4.69, 9.17) is 16.3 Å². The Hall–Kier alpha value is -2.86. The van der Waals surface area contributed by atoms with Crippen LogP contribution in [-0.4, -0.2) is 25.3 Å². The predicted octanol–water partition coefficient (Wildman–Crippen LogP) is 2.88. The van der Waals surface area contributed by atoms with E-state index in [0.717, 1.165) is 5.52 Å². The quantitative estimate of drug-likeness (QED) is 0.595. The molecule has 2 aromatic heterocycles. The number of hydrogen-bond acceptors (Lipinski definition) is 5. The highest BCUT2D eigenvalue weighted by molar-refractivity contribution is 7.89. The van der Waals surface area contributed by atoms with Crippen LogP contribution in [0.25, 0.3) is 5.52 Å². The third kappa shape index (κ3) is 4.51. The van der Waals surface area contributed by atoms with Crippen molar-refractivity contribution in [3.63, 3.8) is 0 Å². The van der Waals surface area contributed by atoms with E-state index in [2.05, 4.69) is 10.8 Å². The van der Waals surface area contributed by atoms with Gasteiger partial charge in [0.2, 0.25) is 10.0 Å². The van der Waals surface area contributed by atoms with Crippen LogP contribution in [0.15, 0.2) is 59.8 Å². The van der Waals surface area contributed by atoms with Crippen LogP contribution >= 0.6 is 11.6 Å². The molecule has 0 fully saturated rings. The Morgan fingerprint density at radius 2 is 1.96 bits per heavy atom. The number of nitriles is 1. The Kier molecular flexibility index (Phi) is 5.99. The van der Waals surface area contributed by atoms with Gasteiger partial charge in [0.05, 0.1) is 22.4 Å². The third-order valence-electron chi connectivity index (χ3n) is 4.01. The van der Waals surface area contributed by atoms with Crippen molar-refractivity contribution in [2.45, 2.75) is 17.9 Å². The van der Waals surface area contributed by atoms with Gasteiger partial charge in [-0.3, -0.25) is 4.79 Å². The second kappa shape index (κ2) is 8.44. The SMILES string of the molecule is N#Cc1c(COC(=O)CCNS(=O)(=O)c2ccc(Cl)cc2)cn2ccccc12. The van der Waals surface area contributed by atoms with E-state index in [0.29, 0.717) is 16.1 Å². The lowest BCUT2D eigenvalue weighted by Gasteiger charge is -2.07. The number of fused-ring (bicyclic) bond motifs is 1. The summed E-state index contributed by atoms with van der Waals surface area (Å²) >= 11 is 5.74. The molecule has 3 aromatic rings. The van der Waals surface area contributed by atoms with Crippen LogP contribution in [0, 0.1) is 11.3 Å². The number of benzene rings is 1. The molecule has 0 atom stereocenters. The molecule has 1 aromatic carbocycles. The van der Waals surface area contributed by atoms with Gasteiger partial charge < -0.3 is 9.14 Å². The molecule has 144 valence electrons. The van der Waals surface area contributed by atoms with E-state index >= 15 is 0 Å². The minimum absolute atomic E-state index is 0.0597. The lowest BCUT2D eigenvalue weighted by Crippen LogP contribution is -2.26. The average molecular weight is 418 g/mol. The van der Waals surface area contributed by atoms with Gasteiger partial charge in [-0.1, -0.05) is 17.7 Å². The van der Waals surface area contributed by atoms with Gasteiger partial charge in [0.15, 0.2) is 0 Å². The minimum atomic E-state index is -3.73. The molecule has 0 aliphatic heterocycles. The first-order valence-electron chi connectivity index (χ1n) is 8.30. The molecule has 7 nitrogen and oxygen atoms in total. The van der Waals surface area contributed by atoms with Crippen molar-refractivity contribution < 1.29 is 17.9 Å². The molecular formula is C19H16ClN3O4S. The van der Waals surface area contributed by atoms with E-state index < -0.39 is 16.0 Å². The fraction of sp³-hybridized carbons (Fsp3) is 0.158. The highest BCUT2D eigenvalue weighted by Gasteiger charge is 2.15. The number of halogens is 1. The maximum atomic E-state index is 12.1. The van der Waals surface area contributed by atoms with Crippen LogP contribution in [0.1, 0.15) is 17.5 Å². The molecular weight excluding hydrogens is 402 g/mol. The molecule has 0 saturated carbocycles. The van der Waals surface area contributed by atoms with Crippen molar-refractivity contribution in [2.75, 3.05) is 6.54 Å². The minimum Gasteiger partial charge on any atom is -0.461 e. The first-order valence-corrected chi connectivity index (χ1v) is 10.2. The zero-order valence-corrected chi connectivity index (χ0v) is 16.2. The first kappa shape index (κ1) is 19.9. The highest BCUT2D eigenvalue weighted by atomic mass is 35.5. The van der Waals surface area contributed by atoms with Gasteiger partial charge in [-0.25, -0.2) is 13.1 Å². The lowest BCUT2D eigenvalue weighted by atomic mass is 10.2. The molecule has 0 aliphatic carbocycles. The van der Waals surface area contributed by atoms with Crippen LogP contribution in [-0.2, 0) is 26.2 Å². The van der Waals surface area contributed by atoms with Crippen molar-refractivity contribution in [2.24, 2.45) is 0 Å². The number of sulfonamides is 1. The molecule has 0 unspecified atom stereocenters. The fourth-order valence-corrected chi connectivity index (χ4v) is 3.79. The number of carbonyl (C=O) groups excluding carboxylic acids is 1. The standard InChI is InChI=1S/C19H16ClN3O4S/c20-15-4-6-16(7-5-15)28(25,26)22-9-8-19(24)27-13-14-12-23-10-2-1-3-18(23)17(14)11-21/h1-7,10,12,22H,8-9,13H2.